The molecule has 0 atom stereocenters. The largest absolute Gasteiger partial charge is 0.481 e. The van der Waals surface area contributed by atoms with Gasteiger partial charge in [0.2, 0.25) is 0 Å². The molecule has 0 amide bonds. The number of hydrogen-bond donors (Lipinski definition) is 2. The average molecular weight is 186 g/mol. The lowest BCUT2D eigenvalue weighted by atomic mass is 9.70. The van der Waals surface area contributed by atoms with Gasteiger partial charge in [-0.25, -0.2) is 0 Å². The molecule has 0 aromatic heterocycles. The van der Waals surface area contributed by atoms with Gasteiger partial charge < -0.3 is 10.2 Å². The molecule has 0 spiro atoms. The van der Waals surface area contributed by atoms with Crippen LogP contribution in [-0.2, 0) is 4.79 Å². The Kier molecular flexibility index (Phi) is 3.31. The lowest BCUT2D eigenvalue weighted by Gasteiger charge is -2.34. The first kappa shape index (κ1) is 10.5. The number of carbonyl (C=O) groups is 1. The lowest BCUT2D eigenvalue weighted by Crippen LogP contribution is -2.36. The summed E-state index contributed by atoms with van der Waals surface area (Å²) < 4.78 is 0. The van der Waals surface area contributed by atoms with Gasteiger partial charge in [-0.2, -0.15) is 0 Å². The van der Waals surface area contributed by atoms with E-state index in [1.807, 2.05) is 6.92 Å². The molecular formula is C10H18O3. The van der Waals surface area contributed by atoms with Crippen LogP contribution in [0.2, 0.25) is 0 Å². The molecule has 1 aliphatic rings. The summed E-state index contributed by atoms with van der Waals surface area (Å²) in [6, 6.07) is 0. The van der Waals surface area contributed by atoms with Crippen molar-refractivity contribution in [3.8, 4) is 0 Å². The molecule has 13 heavy (non-hydrogen) atoms. The Hall–Kier alpha value is -0.570. The molecule has 0 bridgehead atoms. The summed E-state index contributed by atoms with van der Waals surface area (Å²) in [5, 5.41) is 18.4. The highest BCUT2D eigenvalue weighted by Crippen LogP contribution is 2.40. The summed E-state index contributed by atoms with van der Waals surface area (Å²) in [6.45, 7) is 2.01. The molecule has 0 heterocycles. The molecule has 0 unspecified atom stereocenters. The van der Waals surface area contributed by atoms with Crippen LogP contribution < -0.4 is 0 Å². The first-order chi connectivity index (χ1) is 6.10. The van der Waals surface area contributed by atoms with E-state index in [2.05, 4.69) is 0 Å². The summed E-state index contributed by atoms with van der Waals surface area (Å²) >= 11 is 0. The third-order valence-electron chi connectivity index (χ3n) is 3.09. The minimum Gasteiger partial charge on any atom is -0.481 e. The molecular weight excluding hydrogens is 168 g/mol. The second-order valence-electron chi connectivity index (χ2n) is 4.07. The minimum absolute atomic E-state index is 0.274. The van der Waals surface area contributed by atoms with Crippen molar-refractivity contribution in [2.24, 2.45) is 5.41 Å². The summed E-state index contributed by atoms with van der Waals surface area (Å²) in [5.74, 6) is -0.679. The molecule has 0 aromatic carbocycles. The number of carboxylic acids is 1. The Bertz CT molecular complexity index is 181. The van der Waals surface area contributed by atoms with E-state index >= 15 is 0 Å². The molecule has 0 saturated heterocycles. The second-order valence-corrected chi connectivity index (χ2v) is 4.07. The number of carboxylic acid groups (broad SMARTS) is 1. The van der Waals surface area contributed by atoms with Crippen LogP contribution in [0.1, 0.15) is 45.4 Å². The van der Waals surface area contributed by atoms with Crippen LogP contribution in [-0.4, -0.2) is 22.3 Å². The fourth-order valence-electron chi connectivity index (χ4n) is 2.20. The Labute approximate surface area is 78.8 Å². The second kappa shape index (κ2) is 4.09. The van der Waals surface area contributed by atoms with E-state index in [9.17, 15) is 9.90 Å². The monoisotopic (exact) mass is 186 g/mol. The van der Waals surface area contributed by atoms with Gasteiger partial charge in [0.05, 0.1) is 11.5 Å². The Morgan fingerprint density at radius 3 is 2.38 bits per heavy atom. The van der Waals surface area contributed by atoms with Gasteiger partial charge in [0.15, 0.2) is 0 Å². The van der Waals surface area contributed by atoms with Crippen LogP contribution in [0.3, 0.4) is 0 Å². The van der Waals surface area contributed by atoms with E-state index in [1.165, 1.54) is 0 Å². The Balaban J connectivity index is 2.63. The van der Waals surface area contributed by atoms with Crippen LogP contribution in [0.4, 0.5) is 0 Å². The van der Waals surface area contributed by atoms with Gasteiger partial charge in [-0.05, 0) is 32.1 Å². The van der Waals surface area contributed by atoms with Crippen molar-refractivity contribution in [2.75, 3.05) is 0 Å². The Morgan fingerprint density at radius 1 is 1.46 bits per heavy atom. The van der Waals surface area contributed by atoms with Crippen LogP contribution in [0.15, 0.2) is 0 Å². The van der Waals surface area contributed by atoms with Gasteiger partial charge in [0.1, 0.15) is 0 Å². The maximum absolute atomic E-state index is 11.1. The summed E-state index contributed by atoms with van der Waals surface area (Å²) in [6.07, 6.45) is 3.94. The number of aliphatic hydroxyl groups excluding tert-OH is 1. The molecule has 0 aromatic rings. The normalized spacial score (nSPS) is 34.5. The van der Waals surface area contributed by atoms with Crippen LogP contribution in [0.5, 0.6) is 0 Å². The third kappa shape index (κ3) is 2.21. The molecule has 1 saturated carbocycles. The fraction of sp³-hybridized carbons (Fsp3) is 0.900. The fourth-order valence-corrected chi connectivity index (χ4v) is 2.20. The molecule has 2 N–H and O–H groups in total. The first-order valence-electron chi connectivity index (χ1n) is 5.02. The molecule has 0 radical (unpaired) electrons. The Morgan fingerprint density at radius 2 is 2.00 bits per heavy atom. The van der Waals surface area contributed by atoms with Crippen molar-refractivity contribution in [1.29, 1.82) is 0 Å². The highest BCUT2D eigenvalue weighted by Gasteiger charge is 2.40. The van der Waals surface area contributed by atoms with Crippen molar-refractivity contribution < 1.29 is 15.0 Å². The molecule has 0 aliphatic heterocycles. The van der Waals surface area contributed by atoms with Crippen molar-refractivity contribution in [1.82, 2.24) is 0 Å². The molecule has 76 valence electrons. The number of aliphatic carboxylic acids is 1. The summed E-state index contributed by atoms with van der Waals surface area (Å²) in [4.78, 5) is 11.1. The lowest BCUT2D eigenvalue weighted by molar-refractivity contribution is -0.153. The zero-order valence-electron chi connectivity index (χ0n) is 8.12. The molecule has 3 nitrogen and oxygen atoms in total. The summed E-state index contributed by atoms with van der Waals surface area (Å²) in [5.41, 5.74) is -0.534. The van der Waals surface area contributed by atoms with E-state index in [4.69, 9.17) is 5.11 Å². The van der Waals surface area contributed by atoms with Crippen LogP contribution in [0, 0.1) is 5.41 Å². The maximum Gasteiger partial charge on any atom is 0.309 e. The maximum atomic E-state index is 11.1. The van der Waals surface area contributed by atoms with Crippen molar-refractivity contribution >= 4 is 5.97 Å². The van der Waals surface area contributed by atoms with E-state index < -0.39 is 11.4 Å². The van der Waals surface area contributed by atoms with Gasteiger partial charge in [-0.15, -0.1) is 0 Å². The minimum atomic E-state index is -0.679. The quantitative estimate of drug-likeness (QED) is 0.706. The highest BCUT2D eigenvalue weighted by atomic mass is 16.4. The zero-order chi connectivity index (χ0) is 9.90. The van der Waals surface area contributed by atoms with Crippen molar-refractivity contribution in [3.05, 3.63) is 0 Å². The van der Waals surface area contributed by atoms with Crippen molar-refractivity contribution in [3.63, 3.8) is 0 Å². The van der Waals surface area contributed by atoms with Gasteiger partial charge >= 0.3 is 5.97 Å². The molecule has 1 aliphatic carbocycles. The summed E-state index contributed by atoms with van der Waals surface area (Å²) in [7, 11) is 0. The topological polar surface area (TPSA) is 57.5 Å². The molecule has 3 heteroatoms. The van der Waals surface area contributed by atoms with Crippen LogP contribution in [0.25, 0.3) is 0 Å². The number of hydrogen-bond acceptors (Lipinski definition) is 2. The van der Waals surface area contributed by atoms with Gasteiger partial charge in [0, 0.05) is 0 Å². The van der Waals surface area contributed by atoms with Gasteiger partial charge in [-0.1, -0.05) is 13.3 Å². The van der Waals surface area contributed by atoms with E-state index in [-0.39, 0.29) is 6.10 Å². The molecule has 1 rings (SSSR count). The van der Waals surface area contributed by atoms with E-state index in [1.54, 1.807) is 0 Å². The average Bonchev–Trinajstić information content (AvgIpc) is 2.09. The first-order valence-corrected chi connectivity index (χ1v) is 5.02. The van der Waals surface area contributed by atoms with E-state index in [0.717, 1.165) is 12.8 Å². The van der Waals surface area contributed by atoms with Crippen molar-refractivity contribution in [2.45, 2.75) is 51.6 Å². The highest BCUT2D eigenvalue weighted by molar-refractivity contribution is 5.74. The van der Waals surface area contributed by atoms with E-state index in [0.29, 0.717) is 25.7 Å². The SMILES string of the molecule is CCCC1(C(=O)O)CCC(O)CC1. The zero-order valence-corrected chi connectivity index (χ0v) is 8.12. The standard InChI is InChI=1S/C10H18O3/c1-2-5-10(9(12)13)6-3-8(11)4-7-10/h8,11H,2-7H2,1H3,(H,12,13). The third-order valence-corrected chi connectivity index (χ3v) is 3.09. The van der Waals surface area contributed by atoms with Crippen LogP contribution >= 0.6 is 0 Å². The molecule has 1 fully saturated rings. The smallest absolute Gasteiger partial charge is 0.309 e. The van der Waals surface area contributed by atoms with Gasteiger partial charge in [0.25, 0.3) is 0 Å². The number of rotatable bonds is 3. The predicted molar refractivity (Wildman–Crippen MR) is 49.5 cm³/mol. The predicted octanol–water partition coefficient (Wildman–Crippen LogP) is 1.79. The van der Waals surface area contributed by atoms with Gasteiger partial charge in [-0.3, -0.25) is 4.79 Å². The number of aliphatic hydroxyl groups is 1.